The quantitative estimate of drug-likeness (QED) is 0.889. The van der Waals surface area contributed by atoms with Crippen molar-refractivity contribution in [2.75, 3.05) is 13.2 Å². The second-order valence-electron chi connectivity index (χ2n) is 6.54. The third-order valence-corrected chi connectivity index (χ3v) is 3.69. The molecule has 2 atom stereocenters. The van der Waals surface area contributed by atoms with Gasteiger partial charge in [0, 0.05) is 12.0 Å². The standard InChI is InChI=1S/C16H23NO3/c1-15(2,3)20-14(19)17-10-16(11-18)9-13(16)12-7-5-4-6-8-12/h4-8,13,18H,9-11H2,1-3H3,(H,17,19)/t13-,16-/m1/s1. The molecular weight excluding hydrogens is 254 g/mol. The molecule has 1 saturated carbocycles. The third-order valence-electron chi connectivity index (χ3n) is 3.69. The molecule has 0 aromatic heterocycles. The second-order valence-corrected chi connectivity index (χ2v) is 6.54. The maximum Gasteiger partial charge on any atom is 0.407 e. The van der Waals surface area contributed by atoms with Crippen molar-refractivity contribution in [3.05, 3.63) is 35.9 Å². The van der Waals surface area contributed by atoms with Crippen LogP contribution in [0.15, 0.2) is 30.3 Å². The Morgan fingerprint density at radius 1 is 1.40 bits per heavy atom. The molecule has 0 spiro atoms. The fraction of sp³-hybridized carbons (Fsp3) is 0.562. The summed E-state index contributed by atoms with van der Waals surface area (Å²) in [7, 11) is 0. The van der Waals surface area contributed by atoms with E-state index in [2.05, 4.69) is 17.4 Å². The Labute approximate surface area is 120 Å². The van der Waals surface area contributed by atoms with Gasteiger partial charge < -0.3 is 15.2 Å². The first-order valence-electron chi connectivity index (χ1n) is 6.99. The maximum absolute atomic E-state index is 11.7. The van der Waals surface area contributed by atoms with Crippen LogP contribution in [-0.4, -0.2) is 30.0 Å². The summed E-state index contributed by atoms with van der Waals surface area (Å²) in [5.41, 5.74) is 0.476. The predicted molar refractivity (Wildman–Crippen MR) is 77.6 cm³/mol. The van der Waals surface area contributed by atoms with Gasteiger partial charge in [0.1, 0.15) is 5.60 Å². The Kier molecular flexibility index (Phi) is 4.04. The van der Waals surface area contributed by atoms with Crippen LogP contribution < -0.4 is 5.32 Å². The number of ether oxygens (including phenoxy) is 1. The molecule has 2 rings (SSSR count). The lowest BCUT2D eigenvalue weighted by molar-refractivity contribution is 0.0506. The number of alkyl carbamates (subject to hydrolysis) is 1. The van der Waals surface area contributed by atoms with E-state index in [9.17, 15) is 9.90 Å². The molecule has 0 heterocycles. The van der Waals surface area contributed by atoms with Crippen molar-refractivity contribution in [2.45, 2.75) is 38.7 Å². The molecular formula is C16H23NO3. The summed E-state index contributed by atoms with van der Waals surface area (Å²) < 4.78 is 5.21. The molecule has 0 aliphatic heterocycles. The highest BCUT2D eigenvalue weighted by atomic mass is 16.6. The summed E-state index contributed by atoms with van der Waals surface area (Å²) in [4.78, 5) is 11.7. The van der Waals surface area contributed by atoms with Gasteiger partial charge >= 0.3 is 6.09 Å². The zero-order valence-corrected chi connectivity index (χ0v) is 12.3. The molecule has 2 N–H and O–H groups in total. The zero-order chi connectivity index (χ0) is 14.8. The summed E-state index contributed by atoms with van der Waals surface area (Å²) >= 11 is 0. The van der Waals surface area contributed by atoms with Crippen molar-refractivity contribution >= 4 is 6.09 Å². The van der Waals surface area contributed by atoms with E-state index in [0.29, 0.717) is 12.5 Å². The van der Waals surface area contributed by atoms with Gasteiger partial charge in [0.25, 0.3) is 0 Å². The Morgan fingerprint density at radius 2 is 2.05 bits per heavy atom. The van der Waals surface area contributed by atoms with E-state index in [1.165, 1.54) is 5.56 Å². The Morgan fingerprint density at radius 3 is 2.60 bits per heavy atom. The van der Waals surface area contributed by atoms with Crippen molar-refractivity contribution < 1.29 is 14.6 Å². The van der Waals surface area contributed by atoms with E-state index in [1.807, 2.05) is 39.0 Å². The minimum absolute atomic E-state index is 0.0718. The lowest BCUT2D eigenvalue weighted by Crippen LogP contribution is -2.37. The smallest absolute Gasteiger partial charge is 0.407 e. The summed E-state index contributed by atoms with van der Waals surface area (Å²) in [6.45, 7) is 6.01. The molecule has 4 nitrogen and oxygen atoms in total. The van der Waals surface area contributed by atoms with Crippen molar-refractivity contribution in [3.63, 3.8) is 0 Å². The molecule has 20 heavy (non-hydrogen) atoms. The minimum Gasteiger partial charge on any atom is -0.444 e. The number of nitrogens with one attached hydrogen (secondary N) is 1. The lowest BCUT2D eigenvalue weighted by Gasteiger charge is -2.21. The van der Waals surface area contributed by atoms with Gasteiger partial charge in [-0.2, -0.15) is 0 Å². The van der Waals surface area contributed by atoms with Gasteiger partial charge in [-0.15, -0.1) is 0 Å². The van der Waals surface area contributed by atoms with Gasteiger partial charge in [-0.05, 0) is 38.7 Å². The maximum atomic E-state index is 11.7. The van der Waals surface area contributed by atoms with E-state index in [0.717, 1.165) is 6.42 Å². The molecule has 0 unspecified atom stereocenters. The first kappa shape index (κ1) is 14.9. The van der Waals surface area contributed by atoms with Gasteiger partial charge in [0.15, 0.2) is 0 Å². The summed E-state index contributed by atoms with van der Waals surface area (Å²) in [5.74, 6) is 0.309. The van der Waals surface area contributed by atoms with Crippen molar-refractivity contribution in [3.8, 4) is 0 Å². The van der Waals surface area contributed by atoms with Crippen LogP contribution in [0.3, 0.4) is 0 Å². The predicted octanol–water partition coefficient (Wildman–Crippen LogP) is 2.68. The largest absolute Gasteiger partial charge is 0.444 e. The second kappa shape index (κ2) is 5.44. The molecule has 110 valence electrons. The fourth-order valence-corrected chi connectivity index (χ4v) is 2.49. The van der Waals surface area contributed by atoms with Crippen LogP contribution in [0.1, 0.15) is 38.7 Å². The number of carbonyl (C=O) groups excluding carboxylic acids is 1. The number of hydrogen-bond acceptors (Lipinski definition) is 3. The Balaban J connectivity index is 1.90. The molecule has 1 fully saturated rings. The molecule has 1 aromatic carbocycles. The molecule has 1 aromatic rings. The third kappa shape index (κ3) is 3.51. The van der Waals surface area contributed by atoms with Crippen LogP contribution in [-0.2, 0) is 4.74 Å². The van der Waals surface area contributed by atoms with Gasteiger partial charge in [0.05, 0.1) is 6.61 Å². The summed E-state index contributed by atoms with van der Waals surface area (Å²) in [6, 6.07) is 10.1. The number of aliphatic hydroxyl groups excluding tert-OH is 1. The highest BCUT2D eigenvalue weighted by molar-refractivity contribution is 5.67. The molecule has 0 radical (unpaired) electrons. The first-order chi connectivity index (χ1) is 9.36. The molecule has 1 amide bonds. The van der Waals surface area contributed by atoms with Crippen LogP contribution in [0.5, 0.6) is 0 Å². The van der Waals surface area contributed by atoms with Crippen LogP contribution in [0.4, 0.5) is 4.79 Å². The molecule has 1 aliphatic carbocycles. The number of aliphatic hydroxyl groups is 1. The topological polar surface area (TPSA) is 58.6 Å². The zero-order valence-electron chi connectivity index (χ0n) is 12.3. The van der Waals surface area contributed by atoms with Crippen LogP contribution in [0, 0.1) is 5.41 Å². The Hall–Kier alpha value is -1.55. The van der Waals surface area contributed by atoms with E-state index in [-0.39, 0.29) is 12.0 Å². The summed E-state index contributed by atoms with van der Waals surface area (Å²) in [6.07, 6.45) is 0.465. The van der Waals surface area contributed by atoms with Gasteiger partial charge in [0.2, 0.25) is 0 Å². The van der Waals surface area contributed by atoms with Gasteiger partial charge in [-0.1, -0.05) is 30.3 Å². The molecule has 4 heteroatoms. The highest BCUT2D eigenvalue weighted by Crippen LogP contribution is 2.58. The number of hydrogen-bond donors (Lipinski definition) is 2. The van der Waals surface area contributed by atoms with Crippen molar-refractivity contribution in [1.29, 1.82) is 0 Å². The SMILES string of the molecule is CC(C)(C)OC(=O)NC[C@@]1(CO)C[C@@H]1c1ccccc1. The average molecular weight is 277 g/mol. The number of carbonyl (C=O) groups is 1. The van der Waals surface area contributed by atoms with E-state index >= 15 is 0 Å². The first-order valence-corrected chi connectivity index (χ1v) is 6.99. The van der Waals surface area contributed by atoms with Crippen LogP contribution >= 0.6 is 0 Å². The number of amides is 1. The van der Waals surface area contributed by atoms with Crippen LogP contribution in [0.2, 0.25) is 0 Å². The van der Waals surface area contributed by atoms with Crippen molar-refractivity contribution in [2.24, 2.45) is 5.41 Å². The van der Waals surface area contributed by atoms with Gasteiger partial charge in [-0.3, -0.25) is 0 Å². The summed E-state index contributed by atoms with van der Waals surface area (Å²) in [5, 5.41) is 12.4. The average Bonchev–Trinajstić information content (AvgIpc) is 3.11. The lowest BCUT2D eigenvalue weighted by atomic mass is 10.00. The Bertz CT molecular complexity index is 466. The fourth-order valence-electron chi connectivity index (χ4n) is 2.49. The number of benzene rings is 1. The molecule has 0 saturated heterocycles. The number of rotatable bonds is 4. The van der Waals surface area contributed by atoms with Crippen molar-refractivity contribution in [1.82, 2.24) is 5.32 Å². The van der Waals surface area contributed by atoms with Crippen LogP contribution in [0.25, 0.3) is 0 Å². The van der Waals surface area contributed by atoms with Gasteiger partial charge in [-0.25, -0.2) is 4.79 Å². The monoisotopic (exact) mass is 277 g/mol. The van der Waals surface area contributed by atoms with E-state index in [1.54, 1.807) is 0 Å². The van der Waals surface area contributed by atoms with E-state index < -0.39 is 11.7 Å². The van der Waals surface area contributed by atoms with E-state index in [4.69, 9.17) is 4.74 Å². The minimum atomic E-state index is -0.501. The molecule has 1 aliphatic rings. The molecule has 0 bridgehead atoms. The normalized spacial score (nSPS) is 25.1. The highest BCUT2D eigenvalue weighted by Gasteiger charge is 2.54.